The molecule has 118 valence electrons. The maximum absolute atomic E-state index is 13.2. The van der Waals surface area contributed by atoms with Crippen molar-refractivity contribution in [2.45, 2.75) is 38.9 Å². The van der Waals surface area contributed by atoms with E-state index in [1.165, 1.54) is 6.07 Å². The molecule has 1 aromatic rings. The highest BCUT2D eigenvalue weighted by Gasteiger charge is 2.34. The predicted octanol–water partition coefficient (Wildman–Crippen LogP) is 4.05. The Morgan fingerprint density at radius 3 is 2.43 bits per heavy atom. The number of alkyl halides is 3. The van der Waals surface area contributed by atoms with Crippen LogP contribution in [0, 0.1) is 5.92 Å². The Kier molecular flexibility index (Phi) is 5.14. The summed E-state index contributed by atoms with van der Waals surface area (Å²) in [7, 11) is 1.66. The second-order valence-corrected chi connectivity index (χ2v) is 5.71. The smallest absolute Gasteiger partial charge is 0.372 e. The zero-order chi connectivity index (χ0) is 15.5. The third-order valence-corrected chi connectivity index (χ3v) is 4.32. The van der Waals surface area contributed by atoms with E-state index in [1.807, 2.05) is 6.07 Å². The van der Waals surface area contributed by atoms with Crippen LogP contribution in [0.5, 0.6) is 0 Å². The van der Waals surface area contributed by atoms with Gasteiger partial charge in [-0.15, -0.1) is 0 Å². The highest BCUT2D eigenvalue weighted by Crippen LogP contribution is 2.35. The summed E-state index contributed by atoms with van der Waals surface area (Å²) in [5.74, 6) is 0.715. The Bertz CT molecular complexity index is 463. The Labute approximate surface area is 124 Å². The lowest BCUT2D eigenvalue weighted by Gasteiger charge is -2.33. The zero-order valence-electron chi connectivity index (χ0n) is 12.6. The zero-order valence-corrected chi connectivity index (χ0v) is 12.6. The Morgan fingerprint density at radius 1 is 1.24 bits per heavy atom. The van der Waals surface area contributed by atoms with Gasteiger partial charge in [-0.25, -0.2) is 0 Å². The summed E-state index contributed by atoms with van der Waals surface area (Å²) in [5.41, 5.74) is 0.473. The number of anilines is 1. The normalized spacial score (nSPS) is 17.3. The van der Waals surface area contributed by atoms with Crippen LogP contribution in [-0.2, 0) is 12.7 Å². The van der Waals surface area contributed by atoms with E-state index in [0.29, 0.717) is 17.2 Å². The Morgan fingerprint density at radius 2 is 1.90 bits per heavy atom. The van der Waals surface area contributed by atoms with Crippen LogP contribution in [0.2, 0.25) is 0 Å². The summed E-state index contributed by atoms with van der Waals surface area (Å²) in [5, 5.41) is 2.80. The van der Waals surface area contributed by atoms with Gasteiger partial charge in [0, 0.05) is 25.3 Å². The molecule has 1 aromatic carbocycles. The first-order valence-electron chi connectivity index (χ1n) is 7.55. The van der Waals surface area contributed by atoms with Crippen molar-refractivity contribution in [3.8, 4) is 0 Å². The topological polar surface area (TPSA) is 15.3 Å². The van der Waals surface area contributed by atoms with Gasteiger partial charge in [-0.3, -0.25) is 0 Å². The third-order valence-electron chi connectivity index (χ3n) is 4.32. The van der Waals surface area contributed by atoms with Crippen molar-refractivity contribution in [2.24, 2.45) is 5.92 Å². The molecule has 1 N–H and O–H groups in total. The molecule has 0 aliphatic carbocycles. The first-order chi connectivity index (χ1) is 9.95. The van der Waals surface area contributed by atoms with Crippen molar-refractivity contribution in [2.75, 3.05) is 25.0 Å². The number of hydrogen-bond donors (Lipinski definition) is 1. The molecule has 0 aromatic heterocycles. The molecule has 21 heavy (non-hydrogen) atoms. The molecule has 0 unspecified atom stereocenters. The third kappa shape index (κ3) is 3.90. The van der Waals surface area contributed by atoms with Gasteiger partial charge in [-0.05, 0) is 43.5 Å². The summed E-state index contributed by atoms with van der Waals surface area (Å²) in [6.45, 7) is 4.10. The number of benzene rings is 1. The molecule has 0 saturated carbocycles. The summed E-state index contributed by atoms with van der Waals surface area (Å²) < 4.78 is 39.6. The van der Waals surface area contributed by atoms with Crippen molar-refractivity contribution in [1.29, 1.82) is 0 Å². The lowest BCUT2D eigenvalue weighted by molar-refractivity contribution is -0.138. The number of piperidine rings is 1. The summed E-state index contributed by atoms with van der Waals surface area (Å²) in [4.78, 5) is 2.07. The molecule has 0 atom stereocenters. The molecule has 2 nitrogen and oxygen atoms in total. The van der Waals surface area contributed by atoms with E-state index in [4.69, 9.17) is 0 Å². The quantitative estimate of drug-likeness (QED) is 0.902. The first kappa shape index (κ1) is 16.1. The van der Waals surface area contributed by atoms with E-state index in [0.717, 1.165) is 32.4 Å². The van der Waals surface area contributed by atoms with Gasteiger partial charge >= 0.3 is 6.18 Å². The lowest BCUT2D eigenvalue weighted by Crippen LogP contribution is -2.33. The maximum Gasteiger partial charge on any atom is 0.416 e. The van der Waals surface area contributed by atoms with E-state index in [2.05, 4.69) is 17.1 Å². The van der Waals surface area contributed by atoms with Crippen molar-refractivity contribution < 1.29 is 13.2 Å². The van der Waals surface area contributed by atoms with Crippen LogP contribution in [0.25, 0.3) is 0 Å². The minimum absolute atomic E-state index is 0.229. The SMILES string of the molecule is CCC1CCN(c2ccc(CNC)c(C(F)(F)F)c2)CC1. The minimum atomic E-state index is -4.30. The van der Waals surface area contributed by atoms with Crippen LogP contribution in [0.3, 0.4) is 0 Å². The van der Waals surface area contributed by atoms with Crippen LogP contribution < -0.4 is 10.2 Å². The van der Waals surface area contributed by atoms with Gasteiger partial charge in [0.1, 0.15) is 0 Å². The standard InChI is InChI=1S/C16H23F3N2/c1-3-12-6-8-21(9-7-12)14-5-4-13(11-20-2)15(10-14)16(17,18)19/h4-5,10,12,20H,3,6-9,11H2,1-2H3. The molecule has 1 saturated heterocycles. The van der Waals surface area contributed by atoms with Crippen LogP contribution in [0.4, 0.5) is 18.9 Å². The molecule has 1 aliphatic rings. The Balaban J connectivity index is 2.22. The monoisotopic (exact) mass is 300 g/mol. The molecule has 1 fully saturated rings. The first-order valence-corrected chi connectivity index (χ1v) is 7.55. The molecule has 0 radical (unpaired) electrons. The fourth-order valence-electron chi connectivity index (χ4n) is 2.97. The average Bonchev–Trinajstić information content (AvgIpc) is 2.47. The molecular weight excluding hydrogens is 277 g/mol. The van der Waals surface area contributed by atoms with Gasteiger partial charge in [0.2, 0.25) is 0 Å². The minimum Gasteiger partial charge on any atom is -0.372 e. The molecule has 5 heteroatoms. The van der Waals surface area contributed by atoms with Crippen molar-refractivity contribution in [1.82, 2.24) is 5.32 Å². The molecule has 0 spiro atoms. The van der Waals surface area contributed by atoms with Gasteiger partial charge in [-0.1, -0.05) is 19.4 Å². The van der Waals surface area contributed by atoms with Gasteiger partial charge in [0.05, 0.1) is 5.56 Å². The van der Waals surface area contributed by atoms with E-state index >= 15 is 0 Å². The molecule has 1 aliphatic heterocycles. The molecular formula is C16H23F3N2. The highest BCUT2D eigenvalue weighted by atomic mass is 19.4. The van der Waals surface area contributed by atoms with Crippen molar-refractivity contribution in [3.05, 3.63) is 29.3 Å². The van der Waals surface area contributed by atoms with E-state index < -0.39 is 11.7 Å². The molecule has 1 heterocycles. The largest absolute Gasteiger partial charge is 0.416 e. The van der Waals surface area contributed by atoms with Gasteiger partial charge in [-0.2, -0.15) is 13.2 Å². The average molecular weight is 300 g/mol. The van der Waals surface area contributed by atoms with Crippen LogP contribution in [0.1, 0.15) is 37.3 Å². The molecule has 0 bridgehead atoms. The lowest BCUT2D eigenvalue weighted by atomic mass is 9.94. The van der Waals surface area contributed by atoms with Crippen LogP contribution in [-0.4, -0.2) is 20.1 Å². The Hall–Kier alpha value is -1.23. The van der Waals surface area contributed by atoms with Gasteiger partial charge < -0.3 is 10.2 Å². The molecule has 0 amide bonds. The fourth-order valence-corrected chi connectivity index (χ4v) is 2.97. The number of halogens is 3. The summed E-state index contributed by atoms with van der Waals surface area (Å²) in [6, 6.07) is 4.72. The van der Waals surface area contributed by atoms with Crippen molar-refractivity contribution >= 4 is 5.69 Å². The maximum atomic E-state index is 13.2. The van der Waals surface area contributed by atoms with Gasteiger partial charge in [0.25, 0.3) is 0 Å². The number of nitrogens with one attached hydrogen (secondary N) is 1. The van der Waals surface area contributed by atoms with E-state index in [9.17, 15) is 13.2 Å². The van der Waals surface area contributed by atoms with Gasteiger partial charge in [0.15, 0.2) is 0 Å². The second kappa shape index (κ2) is 6.69. The van der Waals surface area contributed by atoms with E-state index in [-0.39, 0.29) is 6.54 Å². The second-order valence-electron chi connectivity index (χ2n) is 5.71. The van der Waals surface area contributed by atoms with E-state index in [1.54, 1.807) is 13.1 Å². The highest BCUT2D eigenvalue weighted by molar-refractivity contribution is 5.52. The number of nitrogens with zero attached hydrogens (tertiary/aromatic N) is 1. The number of hydrogen-bond acceptors (Lipinski definition) is 2. The summed E-state index contributed by atoms with van der Waals surface area (Å²) >= 11 is 0. The van der Waals surface area contributed by atoms with Crippen molar-refractivity contribution in [3.63, 3.8) is 0 Å². The predicted molar refractivity (Wildman–Crippen MR) is 79.4 cm³/mol. The molecule has 2 rings (SSSR count). The summed E-state index contributed by atoms with van der Waals surface area (Å²) in [6.07, 6.45) is -1.01. The van der Waals surface area contributed by atoms with Crippen LogP contribution in [0.15, 0.2) is 18.2 Å². The number of rotatable bonds is 4. The van der Waals surface area contributed by atoms with Crippen LogP contribution >= 0.6 is 0 Å². The fraction of sp³-hybridized carbons (Fsp3) is 0.625.